The molecule has 1 N–H and O–H groups in total. The van der Waals surface area contributed by atoms with Gasteiger partial charge in [0.2, 0.25) is 5.91 Å². The van der Waals surface area contributed by atoms with Gasteiger partial charge in [-0.05, 0) is 12.8 Å². The highest BCUT2D eigenvalue weighted by molar-refractivity contribution is 9.09. The number of halogens is 1. The van der Waals surface area contributed by atoms with E-state index in [0.717, 1.165) is 19.4 Å². The highest BCUT2D eigenvalue weighted by Gasteiger charge is 2.19. The number of nitrogens with one attached hydrogen (secondary N) is 1. The summed E-state index contributed by atoms with van der Waals surface area (Å²) in [5, 5.41) is 2.99. The predicted molar refractivity (Wildman–Crippen MR) is 62.6 cm³/mol. The van der Waals surface area contributed by atoms with Crippen molar-refractivity contribution in [3.8, 4) is 0 Å². The molecule has 0 bridgehead atoms. The summed E-state index contributed by atoms with van der Waals surface area (Å²) in [6, 6.07) is 0. The number of alkyl halides is 1. The lowest BCUT2D eigenvalue weighted by Gasteiger charge is -2.14. The first kappa shape index (κ1) is 12.0. The van der Waals surface area contributed by atoms with Crippen molar-refractivity contribution in [3.05, 3.63) is 0 Å². The van der Waals surface area contributed by atoms with Gasteiger partial charge < -0.3 is 5.32 Å². The lowest BCUT2D eigenvalue weighted by atomic mass is 9.99. The minimum absolute atomic E-state index is 0.262. The van der Waals surface area contributed by atoms with E-state index in [-0.39, 0.29) is 11.8 Å². The van der Waals surface area contributed by atoms with Gasteiger partial charge >= 0.3 is 0 Å². The topological polar surface area (TPSA) is 29.1 Å². The van der Waals surface area contributed by atoms with Crippen molar-refractivity contribution < 1.29 is 4.79 Å². The molecule has 0 spiro atoms. The summed E-state index contributed by atoms with van der Waals surface area (Å²) < 4.78 is 0. The molecule has 82 valence electrons. The minimum atomic E-state index is 0.262. The average molecular weight is 262 g/mol. The van der Waals surface area contributed by atoms with Crippen LogP contribution < -0.4 is 5.32 Å². The van der Waals surface area contributed by atoms with Crippen molar-refractivity contribution in [1.82, 2.24) is 5.32 Å². The Bertz CT molecular complexity index is 174. The molecular formula is C11H20BrNO. The van der Waals surface area contributed by atoms with Crippen molar-refractivity contribution in [3.63, 3.8) is 0 Å². The third kappa shape index (κ3) is 4.45. The maximum Gasteiger partial charge on any atom is 0.223 e. The molecule has 0 aromatic heterocycles. The second-order valence-corrected chi connectivity index (χ2v) is 5.78. The molecule has 3 heteroatoms. The fourth-order valence-electron chi connectivity index (χ4n) is 1.93. The number of carbonyl (C=O) groups is 1. The molecule has 1 saturated carbocycles. The van der Waals surface area contributed by atoms with Gasteiger partial charge in [-0.3, -0.25) is 4.79 Å². The molecule has 0 heterocycles. The first-order valence-corrected chi connectivity index (χ1v) is 6.53. The number of hydrogen-bond donors (Lipinski definition) is 1. The third-order valence-corrected chi connectivity index (χ3v) is 3.11. The van der Waals surface area contributed by atoms with Crippen molar-refractivity contribution in [2.75, 3.05) is 6.54 Å². The fraction of sp³-hybridized carbons (Fsp3) is 0.909. The molecule has 1 aliphatic carbocycles. The van der Waals surface area contributed by atoms with Crippen LogP contribution >= 0.6 is 15.9 Å². The Hall–Kier alpha value is -0.0500. The van der Waals surface area contributed by atoms with Crippen molar-refractivity contribution in [1.29, 1.82) is 0 Å². The molecule has 1 atom stereocenters. The second-order valence-electron chi connectivity index (χ2n) is 4.21. The standard InChI is InChI=1S/C11H20BrNO/c1-9(12)8-13-11(14)10-6-4-2-3-5-7-10/h9-10H,2-8H2,1H3,(H,13,14). The monoisotopic (exact) mass is 261 g/mol. The van der Waals surface area contributed by atoms with Gasteiger partial charge in [-0.15, -0.1) is 0 Å². The first-order chi connectivity index (χ1) is 6.70. The molecule has 1 aliphatic rings. The number of carbonyl (C=O) groups excluding carboxylic acids is 1. The number of rotatable bonds is 3. The maximum atomic E-state index is 11.7. The summed E-state index contributed by atoms with van der Waals surface area (Å²) in [7, 11) is 0. The van der Waals surface area contributed by atoms with Crippen LogP contribution in [0.5, 0.6) is 0 Å². The van der Waals surface area contributed by atoms with E-state index in [2.05, 4.69) is 21.2 Å². The van der Waals surface area contributed by atoms with E-state index in [1.807, 2.05) is 6.92 Å². The highest BCUT2D eigenvalue weighted by atomic mass is 79.9. The van der Waals surface area contributed by atoms with E-state index in [0.29, 0.717) is 4.83 Å². The molecule has 1 fully saturated rings. The molecule has 1 amide bonds. The van der Waals surface area contributed by atoms with Gasteiger partial charge in [0.15, 0.2) is 0 Å². The first-order valence-electron chi connectivity index (χ1n) is 5.62. The summed E-state index contributed by atoms with van der Waals surface area (Å²) in [6.45, 7) is 2.79. The van der Waals surface area contributed by atoms with E-state index in [9.17, 15) is 4.79 Å². The SMILES string of the molecule is CC(Br)CNC(=O)C1CCCCCC1. The molecule has 0 radical (unpaired) electrons. The van der Waals surface area contributed by atoms with Crippen LogP contribution in [0.4, 0.5) is 0 Å². The molecule has 2 nitrogen and oxygen atoms in total. The van der Waals surface area contributed by atoms with E-state index >= 15 is 0 Å². The Morgan fingerprint density at radius 1 is 1.36 bits per heavy atom. The molecule has 1 unspecified atom stereocenters. The summed E-state index contributed by atoms with van der Waals surface area (Å²) >= 11 is 3.43. The largest absolute Gasteiger partial charge is 0.355 e. The van der Waals surface area contributed by atoms with E-state index < -0.39 is 0 Å². The Morgan fingerprint density at radius 3 is 2.43 bits per heavy atom. The molecule has 0 aliphatic heterocycles. The molecule has 1 rings (SSSR count). The van der Waals surface area contributed by atoms with Gasteiger partial charge in [0.05, 0.1) is 0 Å². The lowest BCUT2D eigenvalue weighted by Crippen LogP contribution is -2.33. The minimum Gasteiger partial charge on any atom is -0.355 e. The zero-order valence-electron chi connectivity index (χ0n) is 8.89. The smallest absolute Gasteiger partial charge is 0.223 e. The van der Waals surface area contributed by atoms with Crippen molar-refractivity contribution >= 4 is 21.8 Å². The van der Waals surface area contributed by atoms with Crippen molar-refractivity contribution in [2.24, 2.45) is 5.92 Å². The average Bonchev–Trinajstić information content (AvgIpc) is 2.42. The summed E-state index contributed by atoms with van der Waals surface area (Å²) in [6.07, 6.45) is 7.23. The van der Waals surface area contributed by atoms with Crippen LogP contribution in [0.1, 0.15) is 45.4 Å². The van der Waals surface area contributed by atoms with Crippen LogP contribution in [0, 0.1) is 5.92 Å². The van der Waals surface area contributed by atoms with Crippen LogP contribution in [0.15, 0.2) is 0 Å². The van der Waals surface area contributed by atoms with Crippen LogP contribution in [0.2, 0.25) is 0 Å². The quantitative estimate of drug-likeness (QED) is 0.615. The maximum absolute atomic E-state index is 11.7. The van der Waals surface area contributed by atoms with Crippen LogP contribution in [0.3, 0.4) is 0 Å². The molecule has 14 heavy (non-hydrogen) atoms. The highest BCUT2D eigenvalue weighted by Crippen LogP contribution is 2.22. The zero-order valence-corrected chi connectivity index (χ0v) is 10.5. The van der Waals surface area contributed by atoms with E-state index in [1.165, 1.54) is 25.7 Å². The van der Waals surface area contributed by atoms with Gasteiger partial charge in [0.1, 0.15) is 0 Å². The summed E-state index contributed by atoms with van der Waals surface area (Å²) in [4.78, 5) is 12.1. The second kappa shape index (κ2) is 6.44. The van der Waals surface area contributed by atoms with Crippen molar-refractivity contribution in [2.45, 2.75) is 50.3 Å². The summed E-state index contributed by atoms with van der Waals surface area (Å²) in [5.74, 6) is 0.543. The van der Waals surface area contributed by atoms with Gasteiger partial charge in [-0.25, -0.2) is 0 Å². The summed E-state index contributed by atoms with van der Waals surface area (Å²) in [5.41, 5.74) is 0. The Balaban J connectivity index is 2.27. The molecule has 0 aromatic rings. The fourth-order valence-corrected chi connectivity index (χ4v) is 2.09. The molecule has 0 aromatic carbocycles. The molecule has 0 saturated heterocycles. The van der Waals surface area contributed by atoms with Crippen LogP contribution in [0.25, 0.3) is 0 Å². The Kier molecular flexibility index (Phi) is 5.53. The number of amides is 1. The Morgan fingerprint density at radius 2 is 1.93 bits per heavy atom. The van der Waals surface area contributed by atoms with E-state index in [1.54, 1.807) is 0 Å². The van der Waals surface area contributed by atoms with Gasteiger partial charge in [0.25, 0.3) is 0 Å². The van der Waals surface area contributed by atoms with Gasteiger partial charge in [-0.2, -0.15) is 0 Å². The normalized spacial score (nSPS) is 21.3. The zero-order chi connectivity index (χ0) is 10.4. The van der Waals surface area contributed by atoms with Crippen LogP contribution in [-0.2, 0) is 4.79 Å². The van der Waals surface area contributed by atoms with Crippen LogP contribution in [-0.4, -0.2) is 17.3 Å². The predicted octanol–water partition coefficient (Wildman–Crippen LogP) is 2.86. The third-order valence-electron chi connectivity index (χ3n) is 2.78. The van der Waals surface area contributed by atoms with Gasteiger partial charge in [-0.1, -0.05) is 48.5 Å². The number of hydrogen-bond acceptors (Lipinski definition) is 1. The Labute approximate surface area is 95.0 Å². The van der Waals surface area contributed by atoms with E-state index in [4.69, 9.17) is 0 Å². The molecular weight excluding hydrogens is 242 g/mol. The van der Waals surface area contributed by atoms with Gasteiger partial charge in [0, 0.05) is 17.3 Å². The lowest BCUT2D eigenvalue weighted by molar-refractivity contribution is -0.125.